The molecule has 0 radical (unpaired) electrons. The highest BCUT2D eigenvalue weighted by Crippen LogP contribution is 2.41. The van der Waals surface area contributed by atoms with Gasteiger partial charge >= 0.3 is 0 Å². The van der Waals surface area contributed by atoms with E-state index in [9.17, 15) is 0 Å². The highest BCUT2D eigenvalue weighted by molar-refractivity contribution is 6.08. The summed E-state index contributed by atoms with van der Waals surface area (Å²) in [4.78, 5) is 5.29. The Balaban J connectivity index is 1.93. The molecule has 5 rings (SSSR count). The van der Waals surface area contributed by atoms with Gasteiger partial charge in [0.2, 0.25) is 0 Å². The van der Waals surface area contributed by atoms with E-state index in [0.717, 1.165) is 22.5 Å². The molecular weight excluding hydrogens is 362 g/mol. The van der Waals surface area contributed by atoms with Gasteiger partial charge in [-0.2, -0.15) is 0 Å². The molecule has 0 aliphatic rings. The summed E-state index contributed by atoms with van der Waals surface area (Å²) >= 11 is 0. The molecule has 1 nitrogen and oxygen atoms in total. The van der Waals surface area contributed by atoms with Crippen molar-refractivity contribution < 1.29 is 0 Å². The van der Waals surface area contributed by atoms with Crippen LogP contribution < -0.4 is 0 Å². The molecular formula is C29H23N. The van der Waals surface area contributed by atoms with Crippen LogP contribution in [0.15, 0.2) is 103 Å². The first kappa shape index (κ1) is 18.3. The second-order valence-electron chi connectivity index (χ2n) is 7.83. The van der Waals surface area contributed by atoms with Crippen LogP contribution in [0.5, 0.6) is 0 Å². The fourth-order valence-electron chi connectivity index (χ4n) is 4.17. The molecule has 5 aromatic rings. The van der Waals surface area contributed by atoms with E-state index in [-0.39, 0.29) is 0 Å². The van der Waals surface area contributed by atoms with Crippen LogP contribution in [0, 0.1) is 13.8 Å². The molecule has 1 aromatic heterocycles. The largest absolute Gasteiger partial charge is 0.246 e. The third-order valence-corrected chi connectivity index (χ3v) is 5.56. The quantitative estimate of drug-likeness (QED) is 0.308. The molecule has 4 aromatic carbocycles. The summed E-state index contributed by atoms with van der Waals surface area (Å²) in [5, 5.41) is 2.41. The minimum absolute atomic E-state index is 1.03. The van der Waals surface area contributed by atoms with Crippen LogP contribution in [0.2, 0.25) is 0 Å². The van der Waals surface area contributed by atoms with Crippen molar-refractivity contribution in [1.82, 2.24) is 4.98 Å². The average molecular weight is 386 g/mol. The van der Waals surface area contributed by atoms with Crippen LogP contribution in [0.3, 0.4) is 0 Å². The fraction of sp³-hybridized carbons (Fsp3) is 0.0690. The van der Waals surface area contributed by atoms with Gasteiger partial charge in [0.25, 0.3) is 0 Å². The number of pyridine rings is 1. The van der Waals surface area contributed by atoms with Gasteiger partial charge < -0.3 is 0 Å². The van der Waals surface area contributed by atoms with E-state index in [0.29, 0.717) is 0 Å². The van der Waals surface area contributed by atoms with Gasteiger partial charge in [0.1, 0.15) is 0 Å². The topological polar surface area (TPSA) is 12.9 Å². The minimum Gasteiger partial charge on any atom is -0.246 e. The zero-order valence-electron chi connectivity index (χ0n) is 17.3. The van der Waals surface area contributed by atoms with Crippen molar-refractivity contribution in [1.29, 1.82) is 0 Å². The summed E-state index contributed by atoms with van der Waals surface area (Å²) in [6.45, 7) is 4.28. The second-order valence-corrected chi connectivity index (χ2v) is 7.83. The van der Waals surface area contributed by atoms with E-state index in [1.165, 1.54) is 33.0 Å². The normalized spacial score (nSPS) is 11.0. The maximum atomic E-state index is 5.29. The lowest BCUT2D eigenvalue weighted by Crippen LogP contribution is -1.96. The molecule has 0 saturated carbocycles. The number of hydrogen-bond donors (Lipinski definition) is 0. The van der Waals surface area contributed by atoms with Crippen LogP contribution >= 0.6 is 0 Å². The van der Waals surface area contributed by atoms with Crippen LogP contribution in [0.25, 0.3) is 44.4 Å². The van der Waals surface area contributed by atoms with Crippen LogP contribution in [-0.2, 0) is 0 Å². The summed E-state index contributed by atoms with van der Waals surface area (Å²) in [7, 11) is 0. The number of hydrogen-bond acceptors (Lipinski definition) is 1. The Morgan fingerprint density at radius 1 is 0.467 bits per heavy atom. The predicted octanol–water partition coefficient (Wildman–Crippen LogP) is 7.85. The van der Waals surface area contributed by atoms with Crippen LogP contribution in [0.1, 0.15) is 11.1 Å². The van der Waals surface area contributed by atoms with Gasteiger partial charge in [0, 0.05) is 22.1 Å². The number of fused-ring (bicyclic) bond motifs is 1. The first-order valence-electron chi connectivity index (χ1n) is 10.3. The molecule has 0 atom stereocenters. The SMILES string of the molecule is Cc1cccc(-c2nc(-c3ccccc3)c3ccccc3c2-c2cccc(C)c2)c1. The molecule has 1 heteroatoms. The lowest BCUT2D eigenvalue weighted by molar-refractivity contribution is 1.34. The highest BCUT2D eigenvalue weighted by Gasteiger charge is 2.18. The molecule has 0 unspecified atom stereocenters. The Labute approximate surface area is 177 Å². The van der Waals surface area contributed by atoms with Gasteiger partial charge in [0.15, 0.2) is 0 Å². The molecule has 0 bridgehead atoms. The maximum Gasteiger partial charge on any atom is 0.0794 e. The van der Waals surface area contributed by atoms with Crippen molar-refractivity contribution in [2.24, 2.45) is 0 Å². The lowest BCUT2D eigenvalue weighted by atomic mass is 9.91. The van der Waals surface area contributed by atoms with Gasteiger partial charge in [0.05, 0.1) is 11.4 Å². The molecule has 0 aliphatic heterocycles. The van der Waals surface area contributed by atoms with Crippen LogP contribution in [-0.4, -0.2) is 4.98 Å². The number of aromatic nitrogens is 1. The van der Waals surface area contributed by atoms with Crippen molar-refractivity contribution in [2.75, 3.05) is 0 Å². The number of benzene rings is 4. The average Bonchev–Trinajstić information content (AvgIpc) is 2.78. The molecule has 0 fully saturated rings. The molecule has 0 saturated heterocycles. The second kappa shape index (κ2) is 7.61. The van der Waals surface area contributed by atoms with Gasteiger partial charge in [-0.25, -0.2) is 4.98 Å². The number of nitrogens with zero attached hydrogens (tertiary/aromatic N) is 1. The summed E-state index contributed by atoms with van der Waals surface area (Å²) in [6.07, 6.45) is 0. The van der Waals surface area contributed by atoms with Gasteiger partial charge in [-0.05, 0) is 30.9 Å². The van der Waals surface area contributed by atoms with Crippen molar-refractivity contribution in [2.45, 2.75) is 13.8 Å². The standard InChI is InChI=1S/C29H23N/c1-20-10-8-14-23(18-20)27-25-16-6-7-17-26(25)28(22-12-4-3-5-13-22)30-29(27)24-15-9-11-21(2)19-24/h3-19H,1-2H3. The Hall–Kier alpha value is -3.71. The molecule has 0 amide bonds. The first-order chi connectivity index (χ1) is 14.7. The first-order valence-corrected chi connectivity index (χ1v) is 10.3. The maximum absolute atomic E-state index is 5.29. The van der Waals surface area contributed by atoms with E-state index in [4.69, 9.17) is 4.98 Å². The minimum atomic E-state index is 1.03. The zero-order valence-corrected chi connectivity index (χ0v) is 17.3. The van der Waals surface area contributed by atoms with Crippen molar-refractivity contribution >= 4 is 10.8 Å². The van der Waals surface area contributed by atoms with Gasteiger partial charge in [-0.1, -0.05) is 108 Å². The predicted molar refractivity (Wildman–Crippen MR) is 128 cm³/mol. The van der Waals surface area contributed by atoms with Gasteiger partial charge in [-0.15, -0.1) is 0 Å². The molecule has 1 heterocycles. The van der Waals surface area contributed by atoms with E-state index >= 15 is 0 Å². The molecule has 0 aliphatic carbocycles. The Morgan fingerprint density at radius 3 is 1.73 bits per heavy atom. The number of rotatable bonds is 3. The van der Waals surface area contributed by atoms with E-state index < -0.39 is 0 Å². The van der Waals surface area contributed by atoms with Crippen molar-refractivity contribution in [3.05, 3.63) is 114 Å². The Bertz CT molecular complexity index is 1350. The Morgan fingerprint density at radius 2 is 1.03 bits per heavy atom. The summed E-state index contributed by atoms with van der Waals surface area (Å²) < 4.78 is 0. The van der Waals surface area contributed by atoms with E-state index in [2.05, 4.69) is 111 Å². The Kier molecular flexibility index (Phi) is 4.65. The van der Waals surface area contributed by atoms with E-state index in [1.807, 2.05) is 6.07 Å². The third kappa shape index (κ3) is 3.29. The highest BCUT2D eigenvalue weighted by atomic mass is 14.7. The van der Waals surface area contributed by atoms with Crippen LogP contribution in [0.4, 0.5) is 0 Å². The zero-order chi connectivity index (χ0) is 20.5. The monoisotopic (exact) mass is 385 g/mol. The lowest BCUT2D eigenvalue weighted by Gasteiger charge is -2.17. The number of aryl methyl sites for hydroxylation is 2. The van der Waals surface area contributed by atoms with Crippen molar-refractivity contribution in [3.8, 4) is 33.6 Å². The third-order valence-electron chi connectivity index (χ3n) is 5.56. The summed E-state index contributed by atoms with van der Waals surface area (Å²) in [5.74, 6) is 0. The molecule has 30 heavy (non-hydrogen) atoms. The summed E-state index contributed by atoms with van der Waals surface area (Å²) in [6, 6.07) is 36.5. The smallest absolute Gasteiger partial charge is 0.0794 e. The summed E-state index contributed by atoms with van der Waals surface area (Å²) in [5.41, 5.74) is 9.22. The van der Waals surface area contributed by atoms with Crippen molar-refractivity contribution in [3.63, 3.8) is 0 Å². The van der Waals surface area contributed by atoms with Gasteiger partial charge in [-0.3, -0.25) is 0 Å². The van der Waals surface area contributed by atoms with E-state index in [1.54, 1.807) is 0 Å². The fourth-order valence-corrected chi connectivity index (χ4v) is 4.17. The molecule has 0 N–H and O–H groups in total. The molecule has 144 valence electrons. The molecule has 0 spiro atoms.